The van der Waals surface area contributed by atoms with Gasteiger partial charge in [-0.2, -0.15) is 0 Å². The van der Waals surface area contributed by atoms with Crippen LogP contribution in [0.25, 0.3) is 0 Å². The predicted octanol–water partition coefficient (Wildman–Crippen LogP) is -1.23. The molecule has 0 aliphatic carbocycles. The van der Waals surface area contributed by atoms with Gasteiger partial charge in [-0.15, -0.1) is 0 Å². The SMILES string of the molecule is CCNCC(C)N=C=NC(C)(C)C(=O)NC(CO)(CO)CO. The minimum atomic E-state index is -1.47. The fourth-order valence-corrected chi connectivity index (χ4v) is 1.36. The van der Waals surface area contributed by atoms with Crippen LogP contribution in [-0.4, -0.2) is 77.3 Å². The molecule has 1 atom stereocenters. The molecule has 0 bridgehead atoms. The summed E-state index contributed by atoms with van der Waals surface area (Å²) in [4.78, 5) is 20.2. The highest BCUT2D eigenvalue weighted by Crippen LogP contribution is 2.11. The zero-order valence-electron chi connectivity index (χ0n) is 13.8. The highest BCUT2D eigenvalue weighted by molar-refractivity contribution is 5.87. The second-order valence-corrected chi connectivity index (χ2v) is 5.77. The molecule has 0 rings (SSSR count). The van der Waals surface area contributed by atoms with Gasteiger partial charge in [0.2, 0.25) is 5.91 Å². The van der Waals surface area contributed by atoms with Gasteiger partial charge < -0.3 is 26.0 Å². The van der Waals surface area contributed by atoms with Crippen molar-refractivity contribution in [2.75, 3.05) is 32.9 Å². The number of nitrogens with one attached hydrogen (secondary N) is 2. The third-order valence-corrected chi connectivity index (χ3v) is 3.14. The molecule has 0 saturated heterocycles. The minimum Gasteiger partial charge on any atom is -0.394 e. The smallest absolute Gasteiger partial charge is 0.248 e. The second-order valence-electron chi connectivity index (χ2n) is 5.77. The Morgan fingerprint density at radius 3 is 2.23 bits per heavy atom. The van der Waals surface area contributed by atoms with E-state index >= 15 is 0 Å². The topological polar surface area (TPSA) is 127 Å². The number of nitrogens with zero attached hydrogens (tertiary/aromatic N) is 2. The number of carbonyl (C=O) groups is 1. The van der Waals surface area contributed by atoms with Crippen molar-refractivity contribution in [1.29, 1.82) is 0 Å². The number of likely N-dealkylation sites (N-methyl/N-ethyl adjacent to an activating group) is 1. The standard InChI is InChI=1S/C14H28N4O4/c1-5-15-6-11(2)16-10-17-13(3,4)12(22)18-14(7-19,8-20)9-21/h11,15,19-21H,5-9H2,1-4H3,(H,18,22). The molecule has 5 N–H and O–H groups in total. The summed E-state index contributed by atoms with van der Waals surface area (Å²) >= 11 is 0. The van der Waals surface area contributed by atoms with Crippen LogP contribution in [0, 0.1) is 0 Å². The fourth-order valence-electron chi connectivity index (χ4n) is 1.36. The number of hydrogen-bond donors (Lipinski definition) is 5. The molecular weight excluding hydrogens is 288 g/mol. The lowest BCUT2D eigenvalue weighted by molar-refractivity contribution is -0.129. The lowest BCUT2D eigenvalue weighted by Crippen LogP contribution is -2.60. The Morgan fingerprint density at radius 2 is 1.77 bits per heavy atom. The molecule has 0 aromatic rings. The normalized spacial score (nSPS) is 13.2. The largest absolute Gasteiger partial charge is 0.394 e. The summed E-state index contributed by atoms with van der Waals surface area (Å²) in [5.74, 6) is -0.549. The number of aliphatic imine (C=N–C) groups is 2. The number of aliphatic hydroxyl groups excluding tert-OH is 3. The first-order valence-electron chi connectivity index (χ1n) is 7.29. The van der Waals surface area contributed by atoms with E-state index in [1.54, 1.807) is 13.8 Å². The predicted molar refractivity (Wildman–Crippen MR) is 84.1 cm³/mol. The molecule has 0 aliphatic rings. The zero-order chi connectivity index (χ0) is 17.2. The highest BCUT2D eigenvalue weighted by atomic mass is 16.3. The number of amides is 1. The minimum absolute atomic E-state index is 0.0195. The summed E-state index contributed by atoms with van der Waals surface area (Å²) in [6, 6.07) is 2.50. The van der Waals surface area contributed by atoms with Crippen molar-refractivity contribution in [1.82, 2.24) is 10.6 Å². The van der Waals surface area contributed by atoms with Gasteiger partial charge in [-0.25, -0.2) is 9.98 Å². The molecular formula is C14H28N4O4. The molecule has 1 unspecified atom stereocenters. The summed E-state index contributed by atoms with van der Waals surface area (Å²) in [6.45, 7) is 6.77. The number of hydrogen-bond acceptors (Lipinski definition) is 7. The number of aliphatic hydroxyl groups is 3. The molecule has 8 heteroatoms. The van der Waals surface area contributed by atoms with Crippen LogP contribution >= 0.6 is 0 Å². The Kier molecular flexibility index (Phi) is 9.08. The summed E-state index contributed by atoms with van der Waals surface area (Å²) in [5.41, 5.74) is -2.66. The third kappa shape index (κ3) is 6.64. The summed E-state index contributed by atoms with van der Waals surface area (Å²) in [6.07, 6.45) is 0. The van der Waals surface area contributed by atoms with Crippen LogP contribution in [0.5, 0.6) is 0 Å². The Morgan fingerprint density at radius 1 is 1.23 bits per heavy atom. The first kappa shape index (κ1) is 20.7. The molecule has 0 aromatic heterocycles. The van der Waals surface area contributed by atoms with Gasteiger partial charge in [0, 0.05) is 6.54 Å². The van der Waals surface area contributed by atoms with Gasteiger partial charge in [0.25, 0.3) is 0 Å². The van der Waals surface area contributed by atoms with Crippen LogP contribution in [0.15, 0.2) is 9.98 Å². The number of rotatable bonds is 10. The van der Waals surface area contributed by atoms with Gasteiger partial charge in [-0.3, -0.25) is 4.79 Å². The van der Waals surface area contributed by atoms with E-state index in [1.807, 2.05) is 13.8 Å². The van der Waals surface area contributed by atoms with Crippen LogP contribution in [0.4, 0.5) is 0 Å². The maximum Gasteiger partial charge on any atom is 0.248 e. The maximum absolute atomic E-state index is 12.2. The maximum atomic E-state index is 12.2. The Hall–Kier alpha value is -1.31. The van der Waals surface area contributed by atoms with E-state index in [0.717, 1.165) is 6.54 Å². The van der Waals surface area contributed by atoms with Gasteiger partial charge in [0.15, 0.2) is 0 Å². The van der Waals surface area contributed by atoms with Crippen LogP contribution in [0.3, 0.4) is 0 Å². The van der Waals surface area contributed by atoms with E-state index < -0.39 is 36.8 Å². The fraction of sp³-hybridized carbons (Fsp3) is 0.857. The molecule has 0 saturated carbocycles. The van der Waals surface area contributed by atoms with Crippen LogP contribution in [0.1, 0.15) is 27.7 Å². The van der Waals surface area contributed by atoms with E-state index in [4.69, 9.17) is 0 Å². The molecule has 0 radical (unpaired) electrons. The van der Waals surface area contributed by atoms with Crippen LogP contribution in [0.2, 0.25) is 0 Å². The van der Waals surface area contributed by atoms with E-state index in [-0.39, 0.29) is 6.04 Å². The second kappa shape index (κ2) is 9.66. The van der Waals surface area contributed by atoms with Gasteiger partial charge in [0.1, 0.15) is 11.1 Å². The van der Waals surface area contributed by atoms with Crippen molar-refractivity contribution in [3.05, 3.63) is 0 Å². The molecule has 0 heterocycles. The Labute approximate surface area is 131 Å². The van der Waals surface area contributed by atoms with Crippen molar-refractivity contribution in [2.45, 2.75) is 44.8 Å². The molecule has 0 aliphatic heterocycles. The van der Waals surface area contributed by atoms with Crippen molar-refractivity contribution < 1.29 is 20.1 Å². The molecule has 0 spiro atoms. The van der Waals surface area contributed by atoms with Gasteiger partial charge >= 0.3 is 0 Å². The van der Waals surface area contributed by atoms with Crippen molar-refractivity contribution in [3.8, 4) is 0 Å². The lowest BCUT2D eigenvalue weighted by atomic mass is 9.99. The average Bonchev–Trinajstić information content (AvgIpc) is 2.50. The van der Waals surface area contributed by atoms with Crippen molar-refractivity contribution >= 4 is 11.9 Å². The van der Waals surface area contributed by atoms with Gasteiger partial charge in [0.05, 0.1) is 31.9 Å². The van der Waals surface area contributed by atoms with E-state index in [2.05, 4.69) is 26.6 Å². The van der Waals surface area contributed by atoms with E-state index in [0.29, 0.717) is 6.54 Å². The zero-order valence-corrected chi connectivity index (χ0v) is 13.8. The summed E-state index contributed by atoms with van der Waals surface area (Å²) in [7, 11) is 0. The van der Waals surface area contributed by atoms with Crippen LogP contribution < -0.4 is 10.6 Å². The average molecular weight is 316 g/mol. The van der Waals surface area contributed by atoms with Gasteiger partial charge in [-0.05, 0) is 27.3 Å². The Bertz CT molecular complexity index is 393. The third-order valence-electron chi connectivity index (χ3n) is 3.14. The van der Waals surface area contributed by atoms with E-state index in [9.17, 15) is 20.1 Å². The molecule has 22 heavy (non-hydrogen) atoms. The van der Waals surface area contributed by atoms with Crippen LogP contribution in [-0.2, 0) is 4.79 Å². The van der Waals surface area contributed by atoms with Gasteiger partial charge in [-0.1, -0.05) is 6.92 Å². The number of carbonyl (C=O) groups excluding carboxylic acids is 1. The summed E-state index contributed by atoms with van der Waals surface area (Å²) < 4.78 is 0. The van der Waals surface area contributed by atoms with E-state index in [1.165, 1.54) is 0 Å². The highest BCUT2D eigenvalue weighted by Gasteiger charge is 2.36. The molecule has 0 aromatic carbocycles. The molecule has 128 valence electrons. The quantitative estimate of drug-likeness (QED) is 0.323. The molecule has 8 nitrogen and oxygen atoms in total. The van der Waals surface area contributed by atoms with Crippen molar-refractivity contribution in [3.63, 3.8) is 0 Å². The summed E-state index contributed by atoms with van der Waals surface area (Å²) in [5, 5.41) is 33.2. The Balaban J connectivity index is 4.85. The monoisotopic (exact) mass is 316 g/mol. The molecule has 1 amide bonds. The van der Waals surface area contributed by atoms with Crippen molar-refractivity contribution in [2.24, 2.45) is 9.98 Å². The first-order valence-corrected chi connectivity index (χ1v) is 7.29. The first-order chi connectivity index (χ1) is 10.3. The molecule has 0 fully saturated rings. The lowest BCUT2D eigenvalue weighted by Gasteiger charge is -2.31.